The number of aromatic nitrogens is 1. The maximum absolute atomic E-state index is 4.64. The van der Waals surface area contributed by atoms with Crippen LogP contribution >= 0.6 is 0 Å². The fourth-order valence-electron chi connectivity index (χ4n) is 3.31. The van der Waals surface area contributed by atoms with Gasteiger partial charge in [-0.3, -0.25) is 0 Å². The van der Waals surface area contributed by atoms with Gasteiger partial charge in [-0.2, -0.15) is 0 Å². The molecule has 108 valence electrons. The first-order valence-corrected chi connectivity index (χ1v) is 7.74. The van der Waals surface area contributed by atoms with Gasteiger partial charge in [0, 0.05) is 12.7 Å². The second-order valence-corrected chi connectivity index (χ2v) is 5.65. The summed E-state index contributed by atoms with van der Waals surface area (Å²) in [6.07, 6.45) is 2.96. The highest BCUT2D eigenvalue weighted by molar-refractivity contribution is 5.56. The van der Waals surface area contributed by atoms with E-state index in [0.717, 1.165) is 18.8 Å². The van der Waals surface area contributed by atoms with E-state index in [0.29, 0.717) is 0 Å². The summed E-state index contributed by atoms with van der Waals surface area (Å²) in [4.78, 5) is 7.07. The first-order chi connectivity index (χ1) is 10.9. The third-order valence-electron chi connectivity index (χ3n) is 4.30. The maximum atomic E-state index is 4.64. The topological polar surface area (TPSA) is 16.1 Å². The van der Waals surface area contributed by atoms with Crippen LogP contribution in [0.15, 0.2) is 79.0 Å². The molecule has 1 aromatic heterocycles. The number of hydrogen-bond acceptors (Lipinski definition) is 2. The zero-order valence-electron chi connectivity index (χ0n) is 12.4. The molecule has 0 saturated heterocycles. The SMILES string of the molecule is c1ccc(C(c2ccccc2)N2CCc3cccnc32)cc1. The summed E-state index contributed by atoms with van der Waals surface area (Å²) in [5, 5.41) is 0. The molecule has 0 saturated carbocycles. The van der Waals surface area contributed by atoms with Gasteiger partial charge in [0.2, 0.25) is 0 Å². The number of benzene rings is 2. The lowest BCUT2D eigenvalue weighted by Crippen LogP contribution is -2.28. The van der Waals surface area contributed by atoms with Crippen molar-refractivity contribution in [3.8, 4) is 0 Å². The number of fused-ring (bicyclic) bond motifs is 1. The van der Waals surface area contributed by atoms with E-state index in [9.17, 15) is 0 Å². The summed E-state index contributed by atoms with van der Waals surface area (Å²) in [6, 6.07) is 25.9. The van der Waals surface area contributed by atoms with Crippen molar-refractivity contribution in [2.75, 3.05) is 11.4 Å². The first-order valence-electron chi connectivity index (χ1n) is 7.74. The Kier molecular flexibility index (Phi) is 3.36. The summed E-state index contributed by atoms with van der Waals surface area (Å²) in [7, 11) is 0. The molecule has 0 atom stereocenters. The van der Waals surface area contributed by atoms with Crippen molar-refractivity contribution < 1.29 is 0 Å². The van der Waals surface area contributed by atoms with Crippen LogP contribution in [0.3, 0.4) is 0 Å². The van der Waals surface area contributed by atoms with Gasteiger partial charge in [0.25, 0.3) is 0 Å². The highest BCUT2D eigenvalue weighted by Crippen LogP contribution is 2.37. The van der Waals surface area contributed by atoms with Crippen LogP contribution in [0.1, 0.15) is 22.7 Å². The van der Waals surface area contributed by atoms with Crippen LogP contribution in [-0.2, 0) is 6.42 Å². The van der Waals surface area contributed by atoms with Crippen molar-refractivity contribution in [1.29, 1.82) is 0 Å². The monoisotopic (exact) mass is 286 g/mol. The highest BCUT2D eigenvalue weighted by Gasteiger charge is 2.29. The molecule has 4 rings (SSSR count). The molecule has 2 heterocycles. The molecular formula is C20H18N2. The van der Waals surface area contributed by atoms with Gasteiger partial charge < -0.3 is 4.90 Å². The number of hydrogen-bond donors (Lipinski definition) is 0. The van der Waals surface area contributed by atoms with Crippen LogP contribution < -0.4 is 4.90 Å². The van der Waals surface area contributed by atoms with Crippen molar-refractivity contribution in [2.24, 2.45) is 0 Å². The molecule has 2 aromatic carbocycles. The lowest BCUT2D eigenvalue weighted by atomic mass is 9.97. The van der Waals surface area contributed by atoms with Crippen molar-refractivity contribution in [3.63, 3.8) is 0 Å². The average molecular weight is 286 g/mol. The van der Waals surface area contributed by atoms with E-state index in [1.807, 2.05) is 12.3 Å². The highest BCUT2D eigenvalue weighted by atomic mass is 15.2. The van der Waals surface area contributed by atoms with Crippen molar-refractivity contribution >= 4 is 5.82 Å². The summed E-state index contributed by atoms with van der Waals surface area (Å²) >= 11 is 0. The smallest absolute Gasteiger partial charge is 0.132 e. The molecule has 2 heteroatoms. The summed E-state index contributed by atoms with van der Waals surface area (Å²) in [6.45, 7) is 1.01. The van der Waals surface area contributed by atoms with Crippen molar-refractivity contribution in [3.05, 3.63) is 95.7 Å². The van der Waals surface area contributed by atoms with Crippen molar-refractivity contribution in [1.82, 2.24) is 4.98 Å². The van der Waals surface area contributed by atoms with Crippen LogP contribution in [0.5, 0.6) is 0 Å². The van der Waals surface area contributed by atoms with E-state index in [4.69, 9.17) is 0 Å². The van der Waals surface area contributed by atoms with Crippen LogP contribution in [0.2, 0.25) is 0 Å². The zero-order valence-corrected chi connectivity index (χ0v) is 12.4. The van der Waals surface area contributed by atoms with Gasteiger partial charge in [-0.15, -0.1) is 0 Å². The van der Waals surface area contributed by atoms with Crippen LogP contribution in [0.25, 0.3) is 0 Å². The Morgan fingerprint density at radius 3 is 2.05 bits per heavy atom. The third-order valence-corrected chi connectivity index (χ3v) is 4.30. The molecule has 22 heavy (non-hydrogen) atoms. The van der Waals surface area contributed by atoms with Crippen LogP contribution in [-0.4, -0.2) is 11.5 Å². The molecular weight excluding hydrogens is 268 g/mol. The molecule has 1 aliphatic rings. The Morgan fingerprint density at radius 1 is 0.773 bits per heavy atom. The van der Waals surface area contributed by atoms with E-state index < -0.39 is 0 Å². The normalized spacial score (nSPS) is 13.4. The fourth-order valence-corrected chi connectivity index (χ4v) is 3.31. The largest absolute Gasteiger partial charge is 0.345 e. The Bertz CT molecular complexity index is 713. The van der Waals surface area contributed by atoms with Gasteiger partial charge >= 0.3 is 0 Å². The van der Waals surface area contributed by atoms with E-state index in [1.165, 1.54) is 16.7 Å². The summed E-state index contributed by atoms with van der Waals surface area (Å²) in [5.41, 5.74) is 3.97. The van der Waals surface area contributed by atoms with E-state index in [1.54, 1.807) is 0 Å². The fraction of sp³-hybridized carbons (Fsp3) is 0.150. The molecule has 0 unspecified atom stereocenters. The first kappa shape index (κ1) is 13.1. The quantitative estimate of drug-likeness (QED) is 0.716. The second-order valence-electron chi connectivity index (χ2n) is 5.65. The average Bonchev–Trinajstić information content (AvgIpc) is 3.01. The molecule has 0 radical (unpaired) electrons. The lowest BCUT2D eigenvalue weighted by molar-refractivity contribution is 0.724. The minimum atomic E-state index is 0.221. The van der Waals surface area contributed by atoms with Gasteiger partial charge in [-0.05, 0) is 29.2 Å². The summed E-state index contributed by atoms with van der Waals surface area (Å²) < 4.78 is 0. The van der Waals surface area contributed by atoms with Gasteiger partial charge in [0.1, 0.15) is 5.82 Å². The number of rotatable bonds is 3. The van der Waals surface area contributed by atoms with E-state index >= 15 is 0 Å². The van der Waals surface area contributed by atoms with Gasteiger partial charge in [0.15, 0.2) is 0 Å². The Morgan fingerprint density at radius 2 is 1.41 bits per heavy atom. The minimum Gasteiger partial charge on any atom is -0.345 e. The molecule has 0 fully saturated rings. The predicted octanol–water partition coefficient (Wildman–Crippen LogP) is 4.23. The predicted molar refractivity (Wildman–Crippen MR) is 90.0 cm³/mol. The third kappa shape index (κ3) is 2.27. The zero-order chi connectivity index (χ0) is 14.8. The molecule has 3 aromatic rings. The molecule has 0 N–H and O–H groups in total. The van der Waals surface area contributed by atoms with Gasteiger partial charge in [0.05, 0.1) is 6.04 Å². The number of pyridine rings is 1. The number of anilines is 1. The maximum Gasteiger partial charge on any atom is 0.132 e. The van der Waals surface area contributed by atoms with E-state index in [-0.39, 0.29) is 6.04 Å². The van der Waals surface area contributed by atoms with E-state index in [2.05, 4.69) is 76.6 Å². The Labute approximate surface area is 131 Å². The number of nitrogens with zero attached hydrogens (tertiary/aromatic N) is 2. The standard InChI is InChI=1S/C20H18N2/c1-3-8-16(9-4-1)19(17-10-5-2-6-11-17)22-15-13-18-12-7-14-21-20(18)22/h1-12,14,19H,13,15H2. The minimum absolute atomic E-state index is 0.221. The van der Waals surface area contributed by atoms with Crippen LogP contribution in [0, 0.1) is 0 Å². The van der Waals surface area contributed by atoms with Crippen molar-refractivity contribution in [2.45, 2.75) is 12.5 Å². The Hall–Kier alpha value is -2.61. The molecule has 0 amide bonds. The molecule has 0 aliphatic carbocycles. The summed E-state index contributed by atoms with van der Waals surface area (Å²) in [5.74, 6) is 1.13. The van der Waals surface area contributed by atoms with Gasteiger partial charge in [-0.1, -0.05) is 66.7 Å². The molecule has 0 spiro atoms. The molecule has 2 nitrogen and oxygen atoms in total. The molecule has 1 aliphatic heterocycles. The van der Waals surface area contributed by atoms with Gasteiger partial charge in [-0.25, -0.2) is 4.98 Å². The van der Waals surface area contributed by atoms with Crippen LogP contribution in [0.4, 0.5) is 5.82 Å². The molecule has 0 bridgehead atoms. The second kappa shape index (κ2) is 5.64. The Balaban J connectivity index is 1.83. The lowest BCUT2D eigenvalue weighted by Gasteiger charge is -2.30.